The summed E-state index contributed by atoms with van der Waals surface area (Å²) in [5, 5.41) is 10.1. The zero-order chi connectivity index (χ0) is 14.5. The maximum Gasteiger partial charge on any atom is 0.347 e. The van der Waals surface area contributed by atoms with Gasteiger partial charge in [0, 0.05) is 26.1 Å². The normalized spacial score (nSPS) is 20.2. The summed E-state index contributed by atoms with van der Waals surface area (Å²) < 4.78 is 5.01. The molecular formula is C14H22N2O3S. The Morgan fingerprint density at radius 3 is 3.00 bits per heavy atom. The number of ether oxygens (including phenoxy) is 1. The van der Waals surface area contributed by atoms with Crippen molar-refractivity contribution in [3.8, 4) is 0 Å². The number of thiazole rings is 1. The Kier molecular flexibility index (Phi) is 5.51. The van der Waals surface area contributed by atoms with Crippen molar-refractivity contribution in [3.63, 3.8) is 0 Å². The van der Waals surface area contributed by atoms with Crippen LogP contribution in [0.15, 0.2) is 0 Å². The number of likely N-dealkylation sites (tertiary alicyclic amines) is 1. The van der Waals surface area contributed by atoms with Crippen LogP contribution in [0, 0.1) is 0 Å². The van der Waals surface area contributed by atoms with Gasteiger partial charge in [0.25, 0.3) is 0 Å². The summed E-state index contributed by atoms with van der Waals surface area (Å²) in [4.78, 5) is 18.4. The number of nitrogens with zero attached hydrogens (tertiary/aromatic N) is 2. The second-order valence-electron chi connectivity index (χ2n) is 5.25. The van der Waals surface area contributed by atoms with Gasteiger partial charge in [-0.3, -0.25) is 0 Å². The second-order valence-corrected chi connectivity index (χ2v) is 6.34. The molecule has 1 saturated heterocycles. The number of carboxylic acid groups (broad SMARTS) is 1. The van der Waals surface area contributed by atoms with Crippen molar-refractivity contribution in [1.82, 2.24) is 9.88 Å². The number of aromatic nitrogens is 1. The summed E-state index contributed by atoms with van der Waals surface area (Å²) in [5.74, 6) is -0.910. The molecule has 1 aliphatic rings. The Labute approximate surface area is 123 Å². The van der Waals surface area contributed by atoms with Crippen LogP contribution in [0.5, 0.6) is 0 Å². The van der Waals surface area contributed by atoms with E-state index in [0.717, 1.165) is 24.5 Å². The lowest BCUT2D eigenvalue weighted by Gasteiger charge is -2.32. The molecular weight excluding hydrogens is 276 g/mol. The zero-order valence-electron chi connectivity index (χ0n) is 12.1. The quantitative estimate of drug-likeness (QED) is 0.874. The Morgan fingerprint density at radius 1 is 1.55 bits per heavy atom. The minimum atomic E-state index is -0.910. The van der Waals surface area contributed by atoms with Gasteiger partial charge in [-0.25, -0.2) is 9.78 Å². The van der Waals surface area contributed by atoms with Gasteiger partial charge in [0.05, 0.1) is 17.3 Å². The van der Waals surface area contributed by atoms with Gasteiger partial charge >= 0.3 is 5.97 Å². The molecule has 0 radical (unpaired) electrons. The molecule has 6 heteroatoms. The fourth-order valence-corrected chi connectivity index (χ4v) is 3.53. The molecule has 0 bridgehead atoms. The highest BCUT2D eigenvalue weighted by Crippen LogP contribution is 2.22. The SMILES string of the molecule is COCc1nc(CCN2CCCCC2C)sc1C(=O)O. The number of hydrogen-bond acceptors (Lipinski definition) is 5. The van der Waals surface area contributed by atoms with Gasteiger partial charge in [0.15, 0.2) is 0 Å². The van der Waals surface area contributed by atoms with Crippen molar-refractivity contribution in [1.29, 1.82) is 0 Å². The highest BCUT2D eigenvalue weighted by molar-refractivity contribution is 7.13. The molecule has 0 aliphatic carbocycles. The minimum Gasteiger partial charge on any atom is -0.477 e. The van der Waals surface area contributed by atoms with Crippen LogP contribution in [-0.4, -0.2) is 47.2 Å². The number of carboxylic acids is 1. The summed E-state index contributed by atoms with van der Waals surface area (Å²) in [6, 6.07) is 0.626. The molecule has 2 rings (SSSR count). The van der Waals surface area contributed by atoms with Crippen LogP contribution in [0.4, 0.5) is 0 Å². The van der Waals surface area contributed by atoms with Gasteiger partial charge in [0.1, 0.15) is 4.88 Å². The Morgan fingerprint density at radius 2 is 2.35 bits per heavy atom. The third-order valence-corrected chi connectivity index (χ3v) is 4.92. The molecule has 1 aromatic rings. The monoisotopic (exact) mass is 298 g/mol. The molecule has 1 fully saturated rings. The lowest BCUT2D eigenvalue weighted by Crippen LogP contribution is -2.38. The van der Waals surface area contributed by atoms with E-state index in [0.29, 0.717) is 16.6 Å². The molecule has 0 spiro atoms. The van der Waals surface area contributed by atoms with Crippen molar-refractivity contribution in [2.24, 2.45) is 0 Å². The maximum absolute atomic E-state index is 11.2. The molecule has 1 atom stereocenters. The molecule has 1 unspecified atom stereocenters. The van der Waals surface area contributed by atoms with E-state index in [9.17, 15) is 4.79 Å². The van der Waals surface area contributed by atoms with E-state index in [4.69, 9.17) is 9.84 Å². The molecule has 1 aromatic heterocycles. The van der Waals surface area contributed by atoms with Crippen molar-refractivity contribution in [3.05, 3.63) is 15.6 Å². The number of hydrogen-bond donors (Lipinski definition) is 1. The van der Waals surface area contributed by atoms with Crippen LogP contribution in [0.1, 0.15) is 46.6 Å². The largest absolute Gasteiger partial charge is 0.477 e. The predicted octanol–water partition coefficient (Wildman–Crippen LogP) is 2.40. The van der Waals surface area contributed by atoms with E-state index in [1.807, 2.05) is 0 Å². The molecule has 5 nitrogen and oxygen atoms in total. The van der Waals surface area contributed by atoms with E-state index in [1.54, 1.807) is 7.11 Å². The molecule has 2 heterocycles. The summed E-state index contributed by atoms with van der Waals surface area (Å²) in [6.45, 7) is 4.63. The Hall–Kier alpha value is -0.980. The highest BCUT2D eigenvalue weighted by atomic mass is 32.1. The molecule has 0 saturated carbocycles. The average Bonchev–Trinajstić information content (AvgIpc) is 2.82. The number of rotatable bonds is 6. The smallest absolute Gasteiger partial charge is 0.347 e. The van der Waals surface area contributed by atoms with Crippen molar-refractivity contribution in [2.45, 2.75) is 45.3 Å². The van der Waals surface area contributed by atoms with Gasteiger partial charge in [0.2, 0.25) is 0 Å². The first-order chi connectivity index (χ1) is 9.61. The number of carbonyl (C=O) groups is 1. The van der Waals surface area contributed by atoms with Crippen LogP contribution < -0.4 is 0 Å². The van der Waals surface area contributed by atoms with Crippen molar-refractivity contribution >= 4 is 17.3 Å². The van der Waals surface area contributed by atoms with Crippen molar-refractivity contribution in [2.75, 3.05) is 20.2 Å². The van der Waals surface area contributed by atoms with E-state index in [-0.39, 0.29) is 6.61 Å². The molecule has 0 amide bonds. The van der Waals surface area contributed by atoms with Crippen LogP contribution in [0.25, 0.3) is 0 Å². The number of aromatic carboxylic acids is 1. The third kappa shape index (κ3) is 3.77. The third-order valence-electron chi connectivity index (χ3n) is 3.77. The minimum absolute atomic E-state index is 0.262. The lowest BCUT2D eigenvalue weighted by atomic mass is 10.0. The summed E-state index contributed by atoms with van der Waals surface area (Å²) in [5.41, 5.74) is 0.548. The molecule has 0 aromatic carbocycles. The van der Waals surface area contributed by atoms with Gasteiger partial charge in [-0.1, -0.05) is 6.42 Å². The standard InChI is InChI=1S/C14H22N2O3S/c1-10-5-3-4-7-16(10)8-6-12-15-11(9-19-2)13(20-12)14(17)18/h10H,3-9H2,1-2H3,(H,17,18). The Bertz CT molecular complexity index is 461. The van der Waals surface area contributed by atoms with E-state index < -0.39 is 5.97 Å². The maximum atomic E-state index is 11.2. The predicted molar refractivity (Wildman–Crippen MR) is 78.4 cm³/mol. The number of methoxy groups -OCH3 is 1. The van der Waals surface area contributed by atoms with Gasteiger partial charge < -0.3 is 14.7 Å². The Balaban J connectivity index is 1.98. The van der Waals surface area contributed by atoms with Crippen LogP contribution >= 0.6 is 11.3 Å². The molecule has 1 aliphatic heterocycles. The van der Waals surface area contributed by atoms with Crippen LogP contribution in [0.2, 0.25) is 0 Å². The van der Waals surface area contributed by atoms with E-state index >= 15 is 0 Å². The second kappa shape index (κ2) is 7.15. The first-order valence-electron chi connectivity index (χ1n) is 7.06. The molecule has 112 valence electrons. The van der Waals surface area contributed by atoms with Gasteiger partial charge in [-0.15, -0.1) is 11.3 Å². The van der Waals surface area contributed by atoms with Gasteiger partial charge in [-0.05, 0) is 26.3 Å². The highest BCUT2D eigenvalue weighted by Gasteiger charge is 2.20. The van der Waals surface area contributed by atoms with Gasteiger partial charge in [-0.2, -0.15) is 0 Å². The molecule has 20 heavy (non-hydrogen) atoms. The van der Waals surface area contributed by atoms with Crippen molar-refractivity contribution < 1.29 is 14.6 Å². The average molecular weight is 298 g/mol. The first kappa shape index (κ1) is 15.4. The molecule has 1 N–H and O–H groups in total. The summed E-state index contributed by atoms with van der Waals surface area (Å²) in [6.07, 6.45) is 4.65. The van der Waals surface area contributed by atoms with E-state index in [2.05, 4.69) is 16.8 Å². The topological polar surface area (TPSA) is 62.7 Å². The van der Waals surface area contributed by atoms with Crippen LogP contribution in [-0.2, 0) is 17.8 Å². The number of piperidine rings is 1. The fourth-order valence-electron chi connectivity index (χ4n) is 2.64. The summed E-state index contributed by atoms with van der Waals surface area (Å²) in [7, 11) is 1.56. The zero-order valence-corrected chi connectivity index (χ0v) is 12.9. The fraction of sp³-hybridized carbons (Fsp3) is 0.714. The van der Waals surface area contributed by atoms with Crippen LogP contribution in [0.3, 0.4) is 0 Å². The summed E-state index contributed by atoms with van der Waals surface area (Å²) >= 11 is 1.28. The first-order valence-corrected chi connectivity index (χ1v) is 7.88. The lowest BCUT2D eigenvalue weighted by molar-refractivity contribution is 0.0697. The van der Waals surface area contributed by atoms with E-state index in [1.165, 1.54) is 30.6 Å².